The second kappa shape index (κ2) is 5.80. The largest absolute Gasteiger partial charge is 0.362 e. The van der Waals surface area contributed by atoms with Crippen molar-refractivity contribution in [2.45, 2.75) is 6.73 Å². The SMILES string of the molecule is COCn1ccc(C(=O)Nc2ccccc2C#N)n1. The molecule has 0 spiro atoms. The van der Waals surface area contributed by atoms with Gasteiger partial charge in [0.2, 0.25) is 0 Å². The standard InChI is InChI=1S/C13H12N4O2/c1-19-9-17-7-6-12(16-17)13(18)15-11-5-3-2-4-10(11)8-14/h2-7H,9H2,1H3,(H,15,18). The minimum absolute atomic E-state index is 0.268. The van der Waals surface area contributed by atoms with Gasteiger partial charge in [-0.3, -0.25) is 4.79 Å². The van der Waals surface area contributed by atoms with E-state index in [9.17, 15) is 4.79 Å². The van der Waals surface area contributed by atoms with Gasteiger partial charge in [0.05, 0.1) is 11.3 Å². The van der Waals surface area contributed by atoms with E-state index >= 15 is 0 Å². The average molecular weight is 256 g/mol. The zero-order valence-corrected chi connectivity index (χ0v) is 10.3. The topological polar surface area (TPSA) is 79.9 Å². The maximum absolute atomic E-state index is 12.0. The highest BCUT2D eigenvalue weighted by Gasteiger charge is 2.11. The molecular formula is C13H12N4O2. The number of nitrogens with one attached hydrogen (secondary N) is 1. The summed E-state index contributed by atoms with van der Waals surface area (Å²) in [5.41, 5.74) is 1.15. The summed E-state index contributed by atoms with van der Waals surface area (Å²) in [4.78, 5) is 12.0. The summed E-state index contributed by atoms with van der Waals surface area (Å²) in [7, 11) is 1.55. The van der Waals surface area contributed by atoms with Crippen molar-refractivity contribution < 1.29 is 9.53 Å². The van der Waals surface area contributed by atoms with Crippen molar-refractivity contribution in [2.75, 3.05) is 12.4 Å². The molecular weight excluding hydrogens is 244 g/mol. The molecule has 0 radical (unpaired) electrons. The molecule has 1 aromatic carbocycles. The zero-order valence-electron chi connectivity index (χ0n) is 10.3. The van der Waals surface area contributed by atoms with Crippen LogP contribution >= 0.6 is 0 Å². The monoisotopic (exact) mass is 256 g/mol. The molecule has 1 heterocycles. The molecule has 1 N–H and O–H groups in total. The summed E-state index contributed by atoms with van der Waals surface area (Å²) in [5.74, 6) is -0.363. The van der Waals surface area contributed by atoms with Gasteiger partial charge >= 0.3 is 0 Å². The molecule has 0 fully saturated rings. The van der Waals surface area contributed by atoms with Crippen LogP contribution < -0.4 is 5.32 Å². The molecule has 6 heteroatoms. The highest BCUT2D eigenvalue weighted by molar-refractivity contribution is 6.03. The van der Waals surface area contributed by atoms with Gasteiger partial charge in [-0.25, -0.2) is 4.68 Å². The number of methoxy groups -OCH3 is 1. The number of anilines is 1. The zero-order chi connectivity index (χ0) is 13.7. The lowest BCUT2D eigenvalue weighted by molar-refractivity contribution is 0.101. The van der Waals surface area contributed by atoms with Gasteiger partial charge in [-0.05, 0) is 18.2 Å². The lowest BCUT2D eigenvalue weighted by atomic mass is 10.2. The Morgan fingerprint density at radius 2 is 2.26 bits per heavy atom. The smallest absolute Gasteiger partial charge is 0.276 e. The Labute approximate surface area is 110 Å². The van der Waals surface area contributed by atoms with E-state index in [1.807, 2.05) is 6.07 Å². The minimum Gasteiger partial charge on any atom is -0.362 e. The lowest BCUT2D eigenvalue weighted by Crippen LogP contribution is -2.14. The van der Waals surface area contributed by atoms with E-state index in [-0.39, 0.29) is 18.3 Å². The number of carbonyl (C=O) groups is 1. The van der Waals surface area contributed by atoms with Crippen molar-refractivity contribution in [1.29, 1.82) is 5.26 Å². The van der Waals surface area contributed by atoms with Crippen molar-refractivity contribution >= 4 is 11.6 Å². The molecule has 0 aliphatic carbocycles. The number of para-hydroxylation sites is 1. The van der Waals surface area contributed by atoms with Gasteiger partial charge in [-0.15, -0.1) is 0 Å². The Bertz CT molecular complexity index is 628. The molecule has 1 amide bonds. The van der Waals surface area contributed by atoms with Crippen molar-refractivity contribution in [1.82, 2.24) is 9.78 Å². The van der Waals surface area contributed by atoms with Gasteiger partial charge in [0.25, 0.3) is 5.91 Å². The van der Waals surface area contributed by atoms with Gasteiger partial charge < -0.3 is 10.1 Å². The number of aromatic nitrogens is 2. The molecule has 0 aliphatic heterocycles. The number of hydrogen-bond acceptors (Lipinski definition) is 4. The van der Waals surface area contributed by atoms with Crippen molar-refractivity contribution in [3.63, 3.8) is 0 Å². The van der Waals surface area contributed by atoms with Crippen LogP contribution in [0.2, 0.25) is 0 Å². The number of benzene rings is 1. The van der Waals surface area contributed by atoms with Gasteiger partial charge in [-0.2, -0.15) is 10.4 Å². The fraction of sp³-hybridized carbons (Fsp3) is 0.154. The Balaban J connectivity index is 2.14. The van der Waals surface area contributed by atoms with E-state index in [4.69, 9.17) is 10.00 Å². The van der Waals surface area contributed by atoms with E-state index in [0.29, 0.717) is 11.3 Å². The van der Waals surface area contributed by atoms with Crippen LogP contribution in [-0.2, 0) is 11.5 Å². The number of ether oxygens (including phenoxy) is 1. The number of rotatable bonds is 4. The second-order valence-electron chi connectivity index (χ2n) is 3.77. The van der Waals surface area contributed by atoms with Gasteiger partial charge in [0.1, 0.15) is 12.8 Å². The average Bonchev–Trinajstić information content (AvgIpc) is 2.88. The normalized spacial score (nSPS) is 9.89. The first-order chi connectivity index (χ1) is 9.24. The Morgan fingerprint density at radius 3 is 3.00 bits per heavy atom. The maximum Gasteiger partial charge on any atom is 0.276 e. The van der Waals surface area contributed by atoms with Crippen LogP contribution in [0.5, 0.6) is 0 Å². The highest BCUT2D eigenvalue weighted by atomic mass is 16.5. The van der Waals surface area contributed by atoms with E-state index in [1.165, 1.54) is 4.68 Å². The molecule has 2 aromatic rings. The van der Waals surface area contributed by atoms with Crippen LogP contribution in [0, 0.1) is 11.3 Å². The first-order valence-electron chi connectivity index (χ1n) is 5.57. The van der Waals surface area contributed by atoms with Crippen LogP contribution in [0.15, 0.2) is 36.5 Å². The summed E-state index contributed by atoms with van der Waals surface area (Å²) in [6.45, 7) is 0.280. The minimum atomic E-state index is -0.363. The summed E-state index contributed by atoms with van der Waals surface area (Å²) in [6.07, 6.45) is 1.65. The quantitative estimate of drug-likeness (QED) is 0.901. The molecule has 0 bridgehead atoms. The molecule has 0 aliphatic rings. The van der Waals surface area contributed by atoms with Crippen molar-refractivity contribution in [3.8, 4) is 6.07 Å². The molecule has 0 saturated carbocycles. The van der Waals surface area contributed by atoms with Crippen LogP contribution in [0.25, 0.3) is 0 Å². The number of nitrogens with zero attached hydrogens (tertiary/aromatic N) is 3. The lowest BCUT2D eigenvalue weighted by Gasteiger charge is -2.04. The molecule has 0 saturated heterocycles. The summed E-state index contributed by atoms with van der Waals surface area (Å²) in [5, 5.41) is 15.6. The number of nitriles is 1. The van der Waals surface area contributed by atoms with E-state index in [0.717, 1.165) is 0 Å². The third-order valence-corrected chi connectivity index (χ3v) is 2.43. The first kappa shape index (κ1) is 12.8. The van der Waals surface area contributed by atoms with Gasteiger partial charge in [0.15, 0.2) is 5.69 Å². The highest BCUT2D eigenvalue weighted by Crippen LogP contribution is 2.14. The number of carbonyl (C=O) groups excluding carboxylic acids is 1. The molecule has 2 rings (SSSR count). The molecule has 0 unspecified atom stereocenters. The van der Waals surface area contributed by atoms with E-state index in [2.05, 4.69) is 10.4 Å². The molecule has 6 nitrogen and oxygen atoms in total. The third kappa shape index (κ3) is 2.97. The fourth-order valence-electron chi connectivity index (χ4n) is 1.56. The van der Waals surface area contributed by atoms with Crippen LogP contribution in [0.4, 0.5) is 5.69 Å². The Kier molecular flexibility index (Phi) is 3.90. The maximum atomic E-state index is 12.0. The predicted molar refractivity (Wildman–Crippen MR) is 68.3 cm³/mol. The molecule has 1 aromatic heterocycles. The predicted octanol–water partition coefficient (Wildman–Crippen LogP) is 1.61. The molecule has 96 valence electrons. The van der Waals surface area contributed by atoms with Crippen LogP contribution in [-0.4, -0.2) is 22.8 Å². The van der Waals surface area contributed by atoms with E-state index in [1.54, 1.807) is 43.6 Å². The molecule has 0 atom stereocenters. The first-order valence-corrected chi connectivity index (χ1v) is 5.57. The van der Waals surface area contributed by atoms with Gasteiger partial charge in [0, 0.05) is 13.3 Å². The molecule has 19 heavy (non-hydrogen) atoms. The number of amides is 1. The van der Waals surface area contributed by atoms with Crippen LogP contribution in [0.3, 0.4) is 0 Å². The summed E-state index contributed by atoms with van der Waals surface area (Å²) < 4.78 is 6.41. The second-order valence-corrected chi connectivity index (χ2v) is 3.77. The van der Waals surface area contributed by atoms with Crippen molar-refractivity contribution in [2.24, 2.45) is 0 Å². The third-order valence-electron chi connectivity index (χ3n) is 2.43. The summed E-state index contributed by atoms with van der Waals surface area (Å²) in [6, 6.07) is 10.4. The van der Waals surface area contributed by atoms with Crippen LogP contribution in [0.1, 0.15) is 16.1 Å². The Morgan fingerprint density at radius 1 is 1.47 bits per heavy atom. The number of hydrogen-bond donors (Lipinski definition) is 1. The fourth-order valence-corrected chi connectivity index (χ4v) is 1.56. The van der Waals surface area contributed by atoms with Gasteiger partial charge in [-0.1, -0.05) is 12.1 Å². The Hall–Kier alpha value is -2.65. The van der Waals surface area contributed by atoms with Crippen molar-refractivity contribution in [3.05, 3.63) is 47.8 Å². The van der Waals surface area contributed by atoms with E-state index < -0.39 is 0 Å². The summed E-state index contributed by atoms with van der Waals surface area (Å²) >= 11 is 0.